The standard InChI is InChI=1S/C19H24N4O5/c1-12-13(2)20-17(14(3)22-26-5)21-18(12)28-11-15-9-7-8-10-16(15)23(27-6)19(24)25-4/h7-10H,11H2,1-6H3/b22-14-. The molecule has 0 saturated heterocycles. The van der Waals surface area contributed by atoms with Gasteiger partial charge in [0.25, 0.3) is 0 Å². The number of carbonyl (C=O) groups is 1. The van der Waals surface area contributed by atoms with E-state index in [4.69, 9.17) is 19.1 Å². The van der Waals surface area contributed by atoms with Gasteiger partial charge in [-0.05, 0) is 26.8 Å². The lowest BCUT2D eigenvalue weighted by atomic mass is 10.2. The molecule has 1 heterocycles. The molecule has 0 spiro atoms. The number of aromatic nitrogens is 2. The molecular formula is C19H24N4O5. The van der Waals surface area contributed by atoms with Gasteiger partial charge in [0.2, 0.25) is 5.88 Å². The Kier molecular flexibility index (Phi) is 7.28. The maximum atomic E-state index is 11.9. The maximum Gasteiger partial charge on any atom is 0.438 e. The third kappa shape index (κ3) is 4.74. The van der Waals surface area contributed by atoms with Crippen LogP contribution in [0.1, 0.15) is 29.6 Å². The van der Waals surface area contributed by atoms with E-state index in [1.54, 1.807) is 19.1 Å². The quantitative estimate of drug-likeness (QED) is 0.531. The molecule has 0 fully saturated rings. The molecule has 28 heavy (non-hydrogen) atoms. The van der Waals surface area contributed by atoms with Gasteiger partial charge in [0, 0.05) is 16.8 Å². The van der Waals surface area contributed by atoms with Crippen molar-refractivity contribution in [3.05, 3.63) is 46.9 Å². The lowest BCUT2D eigenvalue weighted by molar-refractivity contribution is 0.115. The second kappa shape index (κ2) is 9.65. The third-order valence-corrected chi connectivity index (χ3v) is 3.99. The van der Waals surface area contributed by atoms with Gasteiger partial charge in [0.05, 0.1) is 19.9 Å². The molecule has 1 aromatic carbocycles. The van der Waals surface area contributed by atoms with E-state index in [2.05, 4.69) is 15.1 Å². The molecule has 0 saturated carbocycles. The van der Waals surface area contributed by atoms with Gasteiger partial charge >= 0.3 is 6.09 Å². The number of para-hydroxylation sites is 1. The predicted octanol–water partition coefficient (Wildman–Crippen LogP) is 3.18. The number of benzene rings is 1. The van der Waals surface area contributed by atoms with E-state index >= 15 is 0 Å². The Morgan fingerprint density at radius 3 is 2.50 bits per heavy atom. The summed E-state index contributed by atoms with van der Waals surface area (Å²) in [6.07, 6.45) is -0.641. The highest BCUT2D eigenvalue weighted by atomic mass is 16.7. The summed E-state index contributed by atoms with van der Waals surface area (Å²) >= 11 is 0. The Labute approximate surface area is 163 Å². The van der Waals surface area contributed by atoms with Gasteiger partial charge < -0.3 is 14.3 Å². The topological polar surface area (TPSA) is 95.4 Å². The summed E-state index contributed by atoms with van der Waals surface area (Å²) in [6, 6.07) is 7.19. The van der Waals surface area contributed by atoms with Crippen LogP contribution in [0.4, 0.5) is 10.5 Å². The third-order valence-electron chi connectivity index (χ3n) is 3.99. The van der Waals surface area contributed by atoms with Gasteiger partial charge in [-0.1, -0.05) is 23.4 Å². The highest BCUT2D eigenvalue weighted by Crippen LogP contribution is 2.24. The average Bonchev–Trinajstić information content (AvgIpc) is 2.70. The summed E-state index contributed by atoms with van der Waals surface area (Å²) < 4.78 is 10.7. The normalized spacial score (nSPS) is 11.1. The molecule has 9 heteroatoms. The van der Waals surface area contributed by atoms with Crippen molar-refractivity contribution in [1.82, 2.24) is 9.97 Å². The Morgan fingerprint density at radius 1 is 1.14 bits per heavy atom. The minimum Gasteiger partial charge on any atom is -0.472 e. The molecule has 1 aromatic heterocycles. The average molecular weight is 388 g/mol. The van der Waals surface area contributed by atoms with Crippen molar-refractivity contribution < 1.29 is 23.9 Å². The molecule has 0 radical (unpaired) electrons. The van der Waals surface area contributed by atoms with Crippen LogP contribution >= 0.6 is 0 Å². The molecule has 9 nitrogen and oxygen atoms in total. The Balaban J connectivity index is 2.32. The summed E-state index contributed by atoms with van der Waals surface area (Å²) in [5, 5.41) is 4.92. The first-order valence-corrected chi connectivity index (χ1v) is 8.49. The van der Waals surface area contributed by atoms with Crippen molar-refractivity contribution >= 4 is 17.5 Å². The number of methoxy groups -OCH3 is 1. The van der Waals surface area contributed by atoms with Crippen molar-refractivity contribution in [2.75, 3.05) is 26.4 Å². The van der Waals surface area contributed by atoms with E-state index in [1.165, 1.54) is 21.3 Å². The minimum atomic E-state index is -0.641. The fraction of sp³-hybridized carbons (Fsp3) is 0.368. The number of hydrogen-bond acceptors (Lipinski definition) is 8. The number of rotatable bonds is 7. The zero-order valence-electron chi connectivity index (χ0n) is 16.8. The van der Waals surface area contributed by atoms with Gasteiger partial charge in [-0.2, -0.15) is 10.0 Å². The number of nitrogens with zero attached hydrogens (tertiary/aromatic N) is 4. The second-order valence-corrected chi connectivity index (χ2v) is 5.79. The van der Waals surface area contributed by atoms with E-state index in [0.29, 0.717) is 28.7 Å². The van der Waals surface area contributed by atoms with Gasteiger partial charge in [-0.15, -0.1) is 0 Å². The number of ether oxygens (including phenoxy) is 2. The van der Waals surface area contributed by atoms with Crippen LogP contribution in [0.2, 0.25) is 0 Å². The molecule has 0 aliphatic rings. The van der Waals surface area contributed by atoms with Crippen LogP contribution in [-0.4, -0.2) is 43.1 Å². The Bertz CT molecular complexity index is 869. The van der Waals surface area contributed by atoms with Crippen LogP contribution in [0.25, 0.3) is 0 Å². The molecule has 0 unspecified atom stereocenters. The zero-order chi connectivity index (χ0) is 20.7. The number of anilines is 1. The lowest BCUT2D eigenvalue weighted by Gasteiger charge is -2.21. The van der Waals surface area contributed by atoms with Gasteiger partial charge in [-0.3, -0.25) is 4.84 Å². The summed E-state index contributed by atoms with van der Waals surface area (Å²) in [4.78, 5) is 30.7. The van der Waals surface area contributed by atoms with Gasteiger partial charge in [-0.25, -0.2) is 9.78 Å². The van der Waals surface area contributed by atoms with Crippen LogP contribution in [0.5, 0.6) is 5.88 Å². The first-order chi connectivity index (χ1) is 13.4. The van der Waals surface area contributed by atoms with Crippen molar-refractivity contribution in [3.8, 4) is 5.88 Å². The monoisotopic (exact) mass is 388 g/mol. The second-order valence-electron chi connectivity index (χ2n) is 5.79. The SMILES string of the molecule is CO/N=C(/C)c1nc(C)c(C)c(OCc2ccccc2N(OC)C(=O)OC)n1. The first-order valence-electron chi connectivity index (χ1n) is 8.49. The molecule has 0 aliphatic carbocycles. The largest absolute Gasteiger partial charge is 0.472 e. The summed E-state index contributed by atoms with van der Waals surface area (Å²) in [6.45, 7) is 5.65. The molecule has 2 aromatic rings. The number of hydrogen-bond donors (Lipinski definition) is 0. The van der Waals surface area contributed by atoms with Crippen LogP contribution in [0, 0.1) is 13.8 Å². The lowest BCUT2D eigenvalue weighted by Crippen LogP contribution is -2.30. The van der Waals surface area contributed by atoms with E-state index in [1.807, 2.05) is 26.0 Å². The number of amides is 1. The fourth-order valence-corrected chi connectivity index (χ4v) is 2.41. The molecule has 1 amide bonds. The van der Waals surface area contributed by atoms with Gasteiger partial charge in [0.15, 0.2) is 5.82 Å². The van der Waals surface area contributed by atoms with Crippen LogP contribution in [0.3, 0.4) is 0 Å². The highest BCUT2D eigenvalue weighted by molar-refractivity contribution is 5.95. The summed E-state index contributed by atoms with van der Waals surface area (Å²) in [5.41, 5.74) is 3.34. The number of hydroxylamine groups is 1. The fourth-order valence-electron chi connectivity index (χ4n) is 2.41. The molecule has 150 valence electrons. The van der Waals surface area contributed by atoms with Crippen molar-refractivity contribution in [1.29, 1.82) is 0 Å². The maximum absolute atomic E-state index is 11.9. The smallest absolute Gasteiger partial charge is 0.438 e. The molecule has 2 rings (SSSR count). The zero-order valence-corrected chi connectivity index (χ0v) is 16.8. The number of aryl methyl sites for hydroxylation is 1. The van der Waals surface area contributed by atoms with Crippen molar-refractivity contribution in [3.63, 3.8) is 0 Å². The highest BCUT2D eigenvalue weighted by Gasteiger charge is 2.20. The van der Waals surface area contributed by atoms with Crippen LogP contribution in [-0.2, 0) is 21.0 Å². The number of oxime groups is 1. The van der Waals surface area contributed by atoms with Crippen molar-refractivity contribution in [2.45, 2.75) is 27.4 Å². The minimum absolute atomic E-state index is 0.157. The Morgan fingerprint density at radius 2 is 1.86 bits per heavy atom. The van der Waals surface area contributed by atoms with Crippen LogP contribution < -0.4 is 9.80 Å². The Hall–Kier alpha value is -3.20. The van der Waals surface area contributed by atoms with Gasteiger partial charge in [0.1, 0.15) is 19.4 Å². The molecule has 0 atom stereocenters. The van der Waals surface area contributed by atoms with E-state index in [0.717, 1.165) is 16.3 Å². The molecule has 0 bridgehead atoms. The van der Waals surface area contributed by atoms with Crippen molar-refractivity contribution in [2.24, 2.45) is 5.16 Å². The summed E-state index contributed by atoms with van der Waals surface area (Å²) in [5.74, 6) is 0.839. The predicted molar refractivity (Wildman–Crippen MR) is 103 cm³/mol. The molecular weight excluding hydrogens is 364 g/mol. The number of carbonyl (C=O) groups excluding carboxylic acids is 1. The molecule has 0 N–H and O–H groups in total. The molecule has 0 aliphatic heterocycles. The van der Waals surface area contributed by atoms with E-state index in [9.17, 15) is 4.79 Å². The van der Waals surface area contributed by atoms with Crippen LogP contribution in [0.15, 0.2) is 29.4 Å². The van der Waals surface area contributed by atoms with E-state index in [-0.39, 0.29) is 6.61 Å². The first kappa shape index (κ1) is 21.1. The summed E-state index contributed by atoms with van der Waals surface area (Å²) in [7, 11) is 4.13. The van der Waals surface area contributed by atoms with E-state index < -0.39 is 6.09 Å².